The van der Waals surface area contributed by atoms with Crippen molar-refractivity contribution in [3.63, 3.8) is 0 Å². The van der Waals surface area contributed by atoms with Crippen molar-refractivity contribution in [2.45, 2.75) is 19.8 Å². The van der Waals surface area contributed by atoms with E-state index >= 15 is 0 Å². The van der Waals surface area contributed by atoms with E-state index in [1.54, 1.807) is 0 Å². The summed E-state index contributed by atoms with van der Waals surface area (Å²) in [5.41, 5.74) is 2.23. The van der Waals surface area contributed by atoms with Crippen LogP contribution in [0.15, 0.2) is 41.1 Å². The Labute approximate surface area is 67.8 Å². The second-order valence-corrected chi connectivity index (χ2v) is 2.42. The van der Waals surface area contributed by atoms with E-state index in [1.807, 2.05) is 19.2 Å². The second kappa shape index (κ2) is 3.91. The molecule has 0 spiro atoms. The number of rotatable bonds is 2. The molecule has 0 amide bonds. The van der Waals surface area contributed by atoms with Gasteiger partial charge in [-0.1, -0.05) is 24.8 Å². The molecule has 0 bridgehead atoms. The molecule has 0 aliphatic heterocycles. The van der Waals surface area contributed by atoms with E-state index in [0.29, 0.717) is 0 Å². The molecule has 11 heavy (non-hydrogen) atoms. The van der Waals surface area contributed by atoms with Gasteiger partial charge in [0.05, 0.1) is 5.70 Å². The van der Waals surface area contributed by atoms with Crippen LogP contribution in [0.2, 0.25) is 0 Å². The molecule has 0 N–H and O–H groups in total. The standard InChI is InChI=1S/C10H13N/c1-3-9-7-5-6-8-10(9)11-4-2/h3-4,7-8H,1,5-6H2,2H3/b11-4-. The first-order chi connectivity index (χ1) is 5.38. The van der Waals surface area contributed by atoms with E-state index in [2.05, 4.69) is 23.7 Å². The van der Waals surface area contributed by atoms with Crippen molar-refractivity contribution in [1.82, 2.24) is 0 Å². The van der Waals surface area contributed by atoms with Gasteiger partial charge in [0.2, 0.25) is 0 Å². The number of aliphatic imine (C=N–C) groups is 1. The molecule has 0 radical (unpaired) electrons. The Morgan fingerprint density at radius 2 is 2.18 bits per heavy atom. The molecule has 0 fully saturated rings. The van der Waals surface area contributed by atoms with Crippen LogP contribution in [0, 0.1) is 0 Å². The summed E-state index contributed by atoms with van der Waals surface area (Å²) in [6, 6.07) is 0. The summed E-state index contributed by atoms with van der Waals surface area (Å²) in [5, 5.41) is 0. The Morgan fingerprint density at radius 3 is 2.82 bits per heavy atom. The number of hydrogen-bond acceptors (Lipinski definition) is 1. The topological polar surface area (TPSA) is 12.4 Å². The Balaban J connectivity index is 2.83. The smallest absolute Gasteiger partial charge is 0.0654 e. The minimum atomic E-state index is 1.06. The average molecular weight is 147 g/mol. The quantitative estimate of drug-likeness (QED) is 0.532. The highest BCUT2D eigenvalue weighted by atomic mass is 14.7. The molecule has 0 aromatic carbocycles. The summed E-state index contributed by atoms with van der Waals surface area (Å²) in [4.78, 5) is 4.23. The maximum absolute atomic E-state index is 4.23. The summed E-state index contributed by atoms with van der Waals surface area (Å²) in [6.45, 7) is 5.66. The largest absolute Gasteiger partial charge is 0.261 e. The van der Waals surface area contributed by atoms with E-state index in [9.17, 15) is 0 Å². The summed E-state index contributed by atoms with van der Waals surface area (Å²) >= 11 is 0. The third-order valence-corrected chi connectivity index (χ3v) is 1.65. The zero-order valence-electron chi connectivity index (χ0n) is 6.88. The second-order valence-electron chi connectivity index (χ2n) is 2.42. The predicted molar refractivity (Wildman–Crippen MR) is 49.8 cm³/mol. The van der Waals surface area contributed by atoms with E-state index in [-0.39, 0.29) is 0 Å². The van der Waals surface area contributed by atoms with E-state index in [4.69, 9.17) is 0 Å². The molecule has 0 unspecified atom stereocenters. The number of nitrogens with zero attached hydrogens (tertiary/aromatic N) is 1. The summed E-state index contributed by atoms with van der Waals surface area (Å²) in [5.74, 6) is 0. The van der Waals surface area contributed by atoms with Gasteiger partial charge < -0.3 is 0 Å². The third kappa shape index (κ3) is 1.90. The van der Waals surface area contributed by atoms with Gasteiger partial charge in [0.1, 0.15) is 0 Å². The fourth-order valence-electron chi connectivity index (χ4n) is 1.14. The van der Waals surface area contributed by atoms with Crippen molar-refractivity contribution < 1.29 is 0 Å². The van der Waals surface area contributed by atoms with Crippen LogP contribution >= 0.6 is 0 Å². The van der Waals surface area contributed by atoms with E-state index < -0.39 is 0 Å². The molecule has 0 atom stereocenters. The SMILES string of the molecule is C=CC1=CCCC=C1/N=C\C. The summed E-state index contributed by atoms with van der Waals surface area (Å²) in [7, 11) is 0. The Kier molecular flexibility index (Phi) is 2.84. The lowest BCUT2D eigenvalue weighted by Crippen LogP contribution is -1.89. The highest BCUT2D eigenvalue weighted by Crippen LogP contribution is 2.19. The monoisotopic (exact) mass is 147 g/mol. The molecule has 0 saturated heterocycles. The Bertz CT molecular complexity index is 231. The van der Waals surface area contributed by atoms with Gasteiger partial charge in [-0.3, -0.25) is 4.99 Å². The van der Waals surface area contributed by atoms with Crippen LogP contribution in [0.4, 0.5) is 0 Å². The third-order valence-electron chi connectivity index (χ3n) is 1.65. The number of hydrogen-bond donors (Lipinski definition) is 0. The van der Waals surface area contributed by atoms with Gasteiger partial charge in [-0.15, -0.1) is 0 Å². The van der Waals surface area contributed by atoms with Crippen molar-refractivity contribution in [2.24, 2.45) is 4.99 Å². The van der Waals surface area contributed by atoms with Crippen molar-refractivity contribution in [2.75, 3.05) is 0 Å². The Morgan fingerprint density at radius 1 is 1.45 bits per heavy atom. The molecular weight excluding hydrogens is 134 g/mol. The fourth-order valence-corrected chi connectivity index (χ4v) is 1.14. The minimum absolute atomic E-state index is 1.06. The fraction of sp³-hybridized carbons (Fsp3) is 0.300. The van der Waals surface area contributed by atoms with Crippen molar-refractivity contribution in [3.8, 4) is 0 Å². The van der Waals surface area contributed by atoms with Gasteiger partial charge in [0.25, 0.3) is 0 Å². The molecule has 1 heteroatoms. The van der Waals surface area contributed by atoms with Crippen LogP contribution in [0.5, 0.6) is 0 Å². The molecule has 1 nitrogen and oxygen atoms in total. The van der Waals surface area contributed by atoms with E-state index in [0.717, 1.165) is 24.1 Å². The van der Waals surface area contributed by atoms with Gasteiger partial charge in [-0.25, -0.2) is 0 Å². The molecule has 1 aliphatic rings. The minimum Gasteiger partial charge on any atom is -0.261 e. The first-order valence-electron chi connectivity index (χ1n) is 3.90. The van der Waals surface area contributed by atoms with Gasteiger partial charge in [0, 0.05) is 6.21 Å². The van der Waals surface area contributed by atoms with Crippen LogP contribution in [0.3, 0.4) is 0 Å². The maximum Gasteiger partial charge on any atom is 0.0654 e. The van der Waals surface area contributed by atoms with Crippen LogP contribution in [0.25, 0.3) is 0 Å². The van der Waals surface area contributed by atoms with Crippen LogP contribution in [-0.2, 0) is 0 Å². The van der Waals surface area contributed by atoms with Crippen LogP contribution in [0.1, 0.15) is 19.8 Å². The maximum atomic E-state index is 4.23. The molecular formula is C10H13N. The lowest BCUT2D eigenvalue weighted by Gasteiger charge is -2.07. The normalized spacial score (nSPS) is 17.9. The lowest BCUT2D eigenvalue weighted by molar-refractivity contribution is 0.995. The van der Waals surface area contributed by atoms with Crippen LogP contribution in [-0.4, -0.2) is 6.21 Å². The zero-order chi connectivity index (χ0) is 8.10. The zero-order valence-corrected chi connectivity index (χ0v) is 6.88. The van der Waals surface area contributed by atoms with Gasteiger partial charge in [0.15, 0.2) is 0 Å². The molecule has 1 rings (SSSR count). The Hall–Kier alpha value is -1.11. The van der Waals surface area contributed by atoms with Gasteiger partial charge >= 0.3 is 0 Å². The molecule has 0 aromatic heterocycles. The van der Waals surface area contributed by atoms with Crippen molar-refractivity contribution >= 4 is 6.21 Å². The molecule has 1 aliphatic carbocycles. The highest BCUT2D eigenvalue weighted by Gasteiger charge is 2.02. The van der Waals surface area contributed by atoms with Gasteiger partial charge in [-0.2, -0.15) is 0 Å². The van der Waals surface area contributed by atoms with Crippen LogP contribution < -0.4 is 0 Å². The molecule has 58 valence electrons. The highest BCUT2D eigenvalue weighted by molar-refractivity contribution is 5.58. The summed E-state index contributed by atoms with van der Waals surface area (Å²) in [6.07, 6.45) is 10.2. The molecule has 0 saturated carbocycles. The number of allylic oxidation sites excluding steroid dienone is 3. The average Bonchev–Trinajstić information content (AvgIpc) is 2.06. The first kappa shape index (κ1) is 7.99. The summed E-state index contributed by atoms with van der Waals surface area (Å²) < 4.78 is 0. The lowest BCUT2D eigenvalue weighted by atomic mass is 10.0. The van der Waals surface area contributed by atoms with Crippen molar-refractivity contribution in [1.29, 1.82) is 0 Å². The van der Waals surface area contributed by atoms with Crippen molar-refractivity contribution in [3.05, 3.63) is 36.1 Å². The van der Waals surface area contributed by atoms with Gasteiger partial charge in [-0.05, 0) is 25.3 Å². The molecule has 0 aromatic rings. The van der Waals surface area contributed by atoms with E-state index in [1.165, 1.54) is 0 Å². The predicted octanol–water partition coefficient (Wildman–Crippen LogP) is 2.87. The first-order valence-corrected chi connectivity index (χ1v) is 3.90. The molecule has 0 heterocycles.